The Kier molecular flexibility index (Phi) is 5.20. The molecule has 1 aromatic rings. The van der Waals surface area contributed by atoms with Gasteiger partial charge in [-0.2, -0.15) is 0 Å². The van der Waals surface area contributed by atoms with Crippen molar-refractivity contribution in [3.8, 4) is 5.75 Å². The van der Waals surface area contributed by atoms with E-state index in [9.17, 15) is 4.79 Å². The molecule has 1 fully saturated rings. The van der Waals surface area contributed by atoms with E-state index in [2.05, 4.69) is 10.6 Å². The summed E-state index contributed by atoms with van der Waals surface area (Å²) in [6.45, 7) is 8.02. The van der Waals surface area contributed by atoms with Crippen LogP contribution >= 0.6 is 0 Å². The minimum atomic E-state index is -0.306. The fourth-order valence-electron chi connectivity index (χ4n) is 2.16. The number of hydrogen-bond acceptors (Lipinski definition) is 4. The quantitative estimate of drug-likeness (QED) is 0.893. The van der Waals surface area contributed by atoms with Gasteiger partial charge in [-0.05, 0) is 32.9 Å². The van der Waals surface area contributed by atoms with Gasteiger partial charge in [0.05, 0.1) is 18.9 Å². The molecule has 1 atom stereocenters. The fourth-order valence-corrected chi connectivity index (χ4v) is 2.16. The SMILES string of the molecule is CC(C)(C)Oc1ccccc1NC(=O)CC1COCCN1. The van der Waals surface area contributed by atoms with Crippen LogP contribution < -0.4 is 15.4 Å². The van der Waals surface area contributed by atoms with Gasteiger partial charge in [0.2, 0.25) is 5.91 Å². The molecule has 1 aliphatic rings. The first kappa shape index (κ1) is 15.8. The number of morpholine rings is 1. The number of nitrogens with one attached hydrogen (secondary N) is 2. The lowest BCUT2D eigenvalue weighted by Crippen LogP contribution is -2.43. The zero-order valence-electron chi connectivity index (χ0n) is 12.9. The second-order valence-corrected chi connectivity index (χ2v) is 6.19. The van der Waals surface area contributed by atoms with E-state index in [-0.39, 0.29) is 17.6 Å². The monoisotopic (exact) mass is 292 g/mol. The van der Waals surface area contributed by atoms with Gasteiger partial charge in [0, 0.05) is 19.0 Å². The summed E-state index contributed by atoms with van der Waals surface area (Å²) in [7, 11) is 0. The van der Waals surface area contributed by atoms with Crippen molar-refractivity contribution < 1.29 is 14.3 Å². The van der Waals surface area contributed by atoms with Gasteiger partial charge >= 0.3 is 0 Å². The molecule has 1 aromatic carbocycles. The van der Waals surface area contributed by atoms with E-state index < -0.39 is 0 Å². The molecule has 0 aromatic heterocycles. The Bertz CT molecular complexity index is 477. The predicted molar refractivity (Wildman–Crippen MR) is 82.7 cm³/mol. The van der Waals surface area contributed by atoms with Crippen LogP contribution in [0.5, 0.6) is 5.75 Å². The van der Waals surface area contributed by atoms with Gasteiger partial charge in [-0.25, -0.2) is 0 Å². The van der Waals surface area contributed by atoms with Gasteiger partial charge in [-0.1, -0.05) is 12.1 Å². The predicted octanol–water partition coefficient (Wildman–Crippen LogP) is 2.18. The number of para-hydroxylation sites is 2. The second kappa shape index (κ2) is 6.91. The van der Waals surface area contributed by atoms with Crippen LogP contribution in [0, 0.1) is 0 Å². The number of amides is 1. The second-order valence-electron chi connectivity index (χ2n) is 6.19. The van der Waals surface area contributed by atoms with E-state index >= 15 is 0 Å². The molecule has 0 spiro atoms. The Morgan fingerprint density at radius 1 is 1.43 bits per heavy atom. The Hall–Kier alpha value is -1.59. The van der Waals surface area contributed by atoms with Gasteiger partial charge in [-0.3, -0.25) is 4.79 Å². The maximum absolute atomic E-state index is 12.1. The highest BCUT2D eigenvalue weighted by Crippen LogP contribution is 2.27. The summed E-state index contributed by atoms with van der Waals surface area (Å²) in [6.07, 6.45) is 0.393. The zero-order chi connectivity index (χ0) is 15.3. The van der Waals surface area contributed by atoms with Crippen molar-refractivity contribution in [2.75, 3.05) is 25.1 Å². The summed E-state index contributed by atoms with van der Waals surface area (Å²) in [5.74, 6) is 0.647. The molecule has 0 bridgehead atoms. The molecule has 1 saturated heterocycles. The summed E-state index contributed by atoms with van der Waals surface area (Å²) in [5.41, 5.74) is 0.397. The molecule has 116 valence electrons. The molecule has 5 heteroatoms. The first-order valence-electron chi connectivity index (χ1n) is 7.33. The van der Waals surface area contributed by atoms with E-state index in [1.54, 1.807) is 0 Å². The normalized spacial score (nSPS) is 19.1. The molecule has 1 unspecified atom stereocenters. The van der Waals surface area contributed by atoms with Crippen LogP contribution in [0.25, 0.3) is 0 Å². The maximum Gasteiger partial charge on any atom is 0.226 e. The number of ether oxygens (including phenoxy) is 2. The van der Waals surface area contributed by atoms with E-state index in [4.69, 9.17) is 9.47 Å². The fraction of sp³-hybridized carbons (Fsp3) is 0.562. The minimum absolute atomic E-state index is 0.0389. The summed E-state index contributed by atoms with van der Waals surface area (Å²) >= 11 is 0. The molecule has 1 aliphatic heterocycles. The van der Waals surface area contributed by atoms with E-state index in [1.165, 1.54) is 0 Å². The van der Waals surface area contributed by atoms with Crippen molar-refractivity contribution in [1.29, 1.82) is 0 Å². The molecule has 1 heterocycles. The molecule has 0 saturated carbocycles. The van der Waals surface area contributed by atoms with Gasteiger partial charge in [0.15, 0.2) is 0 Å². The lowest BCUT2D eigenvalue weighted by atomic mass is 10.1. The Morgan fingerprint density at radius 3 is 2.86 bits per heavy atom. The molecular formula is C16H24N2O3. The largest absolute Gasteiger partial charge is 0.486 e. The van der Waals surface area contributed by atoms with Crippen molar-refractivity contribution in [3.63, 3.8) is 0 Å². The highest BCUT2D eigenvalue weighted by molar-refractivity contribution is 5.92. The van der Waals surface area contributed by atoms with Crippen LogP contribution in [-0.4, -0.2) is 37.3 Å². The molecule has 0 radical (unpaired) electrons. The van der Waals surface area contributed by atoms with Crippen molar-refractivity contribution in [1.82, 2.24) is 5.32 Å². The Labute approximate surface area is 126 Å². The zero-order valence-corrected chi connectivity index (χ0v) is 12.9. The molecule has 1 amide bonds. The molecule has 21 heavy (non-hydrogen) atoms. The first-order chi connectivity index (χ1) is 9.94. The Balaban J connectivity index is 1.96. The first-order valence-corrected chi connectivity index (χ1v) is 7.33. The van der Waals surface area contributed by atoms with Gasteiger partial charge in [-0.15, -0.1) is 0 Å². The van der Waals surface area contributed by atoms with Crippen LogP contribution in [0.15, 0.2) is 24.3 Å². The van der Waals surface area contributed by atoms with Crippen LogP contribution in [0.1, 0.15) is 27.2 Å². The number of anilines is 1. The van der Waals surface area contributed by atoms with Crippen LogP contribution in [-0.2, 0) is 9.53 Å². The van der Waals surface area contributed by atoms with Crippen molar-refractivity contribution in [2.24, 2.45) is 0 Å². The molecular weight excluding hydrogens is 268 g/mol. The summed E-state index contributed by atoms with van der Waals surface area (Å²) in [5, 5.41) is 6.19. The van der Waals surface area contributed by atoms with Gasteiger partial charge in [0.25, 0.3) is 0 Å². The van der Waals surface area contributed by atoms with Crippen LogP contribution in [0.2, 0.25) is 0 Å². The number of carbonyl (C=O) groups is 1. The van der Waals surface area contributed by atoms with Crippen LogP contribution in [0.3, 0.4) is 0 Å². The number of rotatable bonds is 4. The highest BCUT2D eigenvalue weighted by atomic mass is 16.5. The van der Waals surface area contributed by atoms with Crippen molar-refractivity contribution >= 4 is 11.6 Å². The third-order valence-corrected chi connectivity index (χ3v) is 3.01. The van der Waals surface area contributed by atoms with Crippen molar-refractivity contribution in [2.45, 2.75) is 38.8 Å². The van der Waals surface area contributed by atoms with Crippen LogP contribution in [0.4, 0.5) is 5.69 Å². The lowest BCUT2D eigenvalue weighted by Gasteiger charge is -2.25. The summed E-state index contributed by atoms with van der Waals surface area (Å²) in [6, 6.07) is 7.57. The average Bonchev–Trinajstić information content (AvgIpc) is 2.40. The molecule has 0 aliphatic carbocycles. The highest BCUT2D eigenvalue weighted by Gasteiger charge is 2.19. The number of benzene rings is 1. The number of carbonyl (C=O) groups excluding carboxylic acids is 1. The summed E-state index contributed by atoms with van der Waals surface area (Å²) < 4.78 is 11.2. The minimum Gasteiger partial charge on any atom is -0.486 e. The molecule has 5 nitrogen and oxygen atoms in total. The Morgan fingerprint density at radius 2 is 2.19 bits per heavy atom. The van der Waals surface area contributed by atoms with E-state index in [0.717, 1.165) is 6.54 Å². The molecule has 2 N–H and O–H groups in total. The maximum atomic E-state index is 12.1. The standard InChI is InChI=1S/C16H24N2O3/c1-16(2,3)21-14-7-5-4-6-13(14)18-15(19)10-12-11-20-9-8-17-12/h4-7,12,17H,8-11H2,1-3H3,(H,18,19). The smallest absolute Gasteiger partial charge is 0.226 e. The van der Waals surface area contributed by atoms with Gasteiger partial charge < -0.3 is 20.1 Å². The van der Waals surface area contributed by atoms with E-state index in [0.29, 0.717) is 31.1 Å². The third kappa shape index (κ3) is 5.36. The summed E-state index contributed by atoms with van der Waals surface area (Å²) in [4.78, 5) is 12.1. The van der Waals surface area contributed by atoms with Crippen molar-refractivity contribution in [3.05, 3.63) is 24.3 Å². The average molecular weight is 292 g/mol. The third-order valence-electron chi connectivity index (χ3n) is 3.01. The lowest BCUT2D eigenvalue weighted by molar-refractivity contribution is -0.117. The van der Waals surface area contributed by atoms with E-state index in [1.807, 2.05) is 45.0 Å². The number of hydrogen-bond donors (Lipinski definition) is 2. The molecule has 2 rings (SSSR count). The van der Waals surface area contributed by atoms with Gasteiger partial charge in [0.1, 0.15) is 11.4 Å². The topological polar surface area (TPSA) is 59.6 Å².